The highest BCUT2D eigenvalue weighted by atomic mass is 32.1. The summed E-state index contributed by atoms with van der Waals surface area (Å²) in [5, 5.41) is 6.91. The number of quaternary nitrogens is 1. The average molecular weight is 386 g/mol. The molecule has 9 heteroatoms. The number of nitrogens with one attached hydrogen (secondary N) is 3. The van der Waals surface area contributed by atoms with Gasteiger partial charge in [0.15, 0.2) is 30.5 Å². The number of anilines is 1. The molecule has 2 aromatic rings. The molecule has 0 radical (unpaired) electrons. The quantitative estimate of drug-likeness (QED) is 0.632. The predicted octanol–water partition coefficient (Wildman–Crippen LogP) is 1.50. The average Bonchev–Trinajstić information content (AvgIpc) is 3.09. The minimum Gasteiger partial charge on any atom is -0.344 e. The molecule has 1 aromatic carbocycles. The lowest BCUT2D eigenvalue weighted by Gasteiger charge is -2.16. The van der Waals surface area contributed by atoms with Gasteiger partial charge in [-0.1, -0.05) is 6.07 Å². The highest BCUT2D eigenvalue weighted by Gasteiger charge is 2.19. The van der Waals surface area contributed by atoms with Gasteiger partial charge in [-0.25, -0.2) is 13.2 Å². The Kier molecular flexibility index (Phi) is 6.76. The van der Waals surface area contributed by atoms with Crippen molar-refractivity contribution in [1.29, 1.82) is 0 Å². The van der Waals surface area contributed by atoms with Crippen molar-refractivity contribution in [3.63, 3.8) is 0 Å². The Hall–Kier alpha value is -2.39. The summed E-state index contributed by atoms with van der Waals surface area (Å²) in [5.41, 5.74) is -0.447. The summed E-state index contributed by atoms with van der Waals surface area (Å²) in [5.74, 6) is -5.30. The molecule has 2 rings (SSSR count). The molecule has 0 aliphatic carbocycles. The van der Waals surface area contributed by atoms with Crippen LogP contribution in [0.4, 0.5) is 18.9 Å². The number of carbonyl (C=O) groups excluding carboxylic acids is 2. The van der Waals surface area contributed by atoms with Crippen molar-refractivity contribution in [2.24, 2.45) is 0 Å². The third-order valence-electron chi connectivity index (χ3n) is 3.58. The molecule has 5 nitrogen and oxygen atoms in total. The fourth-order valence-electron chi connectivity index (χ4n) is 2.33. The molecule has 1 heterocycles. The van der Waals surface area contributed by atoms with Gasteiger partial charge in [0.25, 0.3) is 11.8 Å². The molecular weight excluding hydrogens is 367 g/mol. The van der Waals surface area contributed by atoms with Crippen LogP contribution in [0.3, 0.4) is 0 Å². The lowest BCUT2D eigenvalue weighted by atomic mass is 10.2. The molecule has 0 saturated carbocycles. The number of rotatable bonds is 7. The Labute approximate surface area is 152 Å². The Morgan fingerprint density at radius 3 is 2.46 bits per heavy atom. The van der Waals surface area contributed by atoms with E-state index in [0.717, 1.165) is 17.0 Å². The van der Waals surface area contributed by atoms with Gasteiger partial charge < -0.3 is 15.5 Å². The first-order valence-corrected chi connectivity index (χ1v) is 8.73. The maximum Gasteiger partial charge on any atom is 0.279 e. The summed E-state index contributed by atoms with van der Waals surface area (Å²) in [6.07, 6.45) is 0. The summed E-state index contributed by atoms with van der Waals surface area (Å²) >= 11 is 1.53. The smallest absolute Gasteiger partial charge is 0.279 e. The van der Waals surface area contributed by atoms with Gasteiger partial charge in [0.1, 0.15) is 0 Å². The van der Waals surface area contributed by atoms with Crippen LogP contribution in [0, 0.1) is 17.5 Å². The van der Waals surface area contributed by atoms with Crippen molar-refractivity contribution in [3.8, 4) is 0 Å². The van der Waals surface area contributed by atoms with E-state index in [-0.39, 0.29) is 25.0 Å². The second kappa shape index (κ2) is 8.81. The number of halogens is 3. The Balaban J connectivity index is 1.83. The molecule has 140 valence electrons. The highest BCUT2D eigenvalue weighted by Crippen LogP contribution is 2.19. The number of thiophene rings is 1. The van der Waals surface area contributed by atoms with Crippen LogP contribution < -0.4 is 15.5 Å². The lowest BCUT2D eigenvalue weighted by Crippen LogP contribution is -3.11. The monoisotopic (exact) mass is 386 g/mol. The standard InChI is InChI=1S/C17H18F3N3O2S/c1-10(13-4-3-7-26-13)21-14(24)8-23(2)9-15(25)22-12-6-5-11(18)16(19)17(12)20/h3-7,10H,8-9H2,1-2H3,(H,21,24)(H,22,25)/p+1/t10-/m1/s1. The largest absolute Gasteiger partial charge is 0.344 e. The van der Waals surface area contributed by atoms with E-state index in [1.807, 2.05) is 24.4 Å². The number of hydrogen-bond acceptors (Lipinski definition) is 3. The number of carbonyl (C=O) groups is 2. The molecule has 0 saturated heterocycles. The summed E-state index contributed by atoms with van der Waals surface area (Å²) in [7, 11) is 1.62. The van der Waals surface area contributed by atoms with E-state index in [2.05, 4.69) is 10.6 Å². The van der Waals surface area contributed by atoms with Gasteiger partial charge in [0.2, 0.25) is 0 Å². The van der Waals surface area contributed by atoms with Crippen LogP contribution in [0.25, 0.3) is 0 Å². The fraction of sp³-hybridized carbons (Fsp3) is 0.294. The summed E-state index contributed by atoms with van der Waals surface area (Å²) in [4.78, 5) is 25.5. The molecule has 0 aliphatic rings. The first kappa shape index (κ1) is 19.9. The highest BCUT2D eigenvalue weighted by molar-refractivity contribution is 7.10. The van der Waals surface area contributed by atoms with Crippen molar-refractivity contribution >= 4 is 28.8 Å². The topological polar surface area (TPSA) is 62.6 Å². The minimum atomic E-state index is -1.65. The fourth-order valence-corrected chi connectivity index (χ4v) is 3.06. The first-order chi connectivity index (χ1) is 12.3. The molecule has 3 N–H and O–H groups in total. The van der Waals surface area contributed by atoms with Crippen LogP contribution in [0.15, 0.2) is 29.6 Å². The molecular formula is C17H19F3N3O2S+. The van der Waals surface area contributed by atoms with Crippen LogP contribution in [0.1, 0.15) is 17.8 Å². The van der Waals surface area contributed by atoms with Gasteiger partial charge in [-0.3, -0.25) is 9.59 Å². The van der Waals surface area contributed by atoms with E-state index in [0.29, 0.717) is 4.90 Å². The number of amides is 2. The first-order valence-electron chi connectivity index (χ1n) is 7.85. The number of hydrogen-bond donors (Lipinski definition) is 3. The van der Waals surface area contributed by atoms with E-state index in [9.17, 15) is 22.8 Å². The molecule has 2 amide bonds. The molecule has 0 aliphatic heterocycles. The van der Waals surface area contributed by atoms with Crippen molar-refractivity contribution < 1.29 is 27.7 Å². The molecule has 2 atom stereocenters. The Morgan fingerprint density at radius 2 is 1.81 bits per heavy atom. The molecule has 1 aromatic heterocycles. The normalized spacial score (nSPS) is 13.1. The van der Waals surface area contributed by atoms with Gasteiger partial charge in [-0.2, -0.15) is 0 Å². The van der Waals surface area contributed by atoms with Gasteiger partial charge >= 0.3 is 0 Å². The molecule has 26 heavy (non-hydrogen) atoms. The zero-order valence-corrected chi connectivity index (χ0v) is 15.1. The Morgan fingerprint density at radius 1 is 1.12 bits per heavy atom. The van der Waals surface area contributed by atoms with E-state index < -0.39 is 29.0 Å². The van der Waals surface area contributed by atoms with E-state index >= 15 is 0 Å². The Bertz CT molecular complexity index is 784. The van der Waals surface area contributed by atoms with Crippen LogP contribution in [0.2, 0.25) is 0 Å². The van der Waals surface area contributed by atoms with Crippen LogP contribution in [-0.2, 0) is 9.59 Å². The number of likely N-dealkylation sites (N-methyl/N-ethyl adjacent to an activating group) is 1. The van der Waals surface area contributed by atoms with Gasteiger partial charge in [-0.15, -0.1) is 11.3 Å². The molecule has 0 bridgehead atoms. The maximum atomic E-state index is 13.5. The van der Waals surface area contributed by atoms with Gasteiger partial charge in [0, 0.05) is 4.88 Å². The van der Waals surface area contributed by atoms with Crippen molar-refractivity contribution in [2.75, 3.05) is 25.5 Å². The van der Waals surface area contributed by atoms with Crippen molar-refractivity contribution in [3.05, 3.63) is 52.0 Å². The zero-order valence-electron chi connectivity index (χ0n) is 14.2. The SMILES string of the molecule is C[C@@H](NC(=O)C[NH+](C)CC(=O)Nc1ccc(F)c(F)c1F)c1cccs1. The second-order valence-electron chi connectivity index (χ2n) is 5.89. The molecule has 0 fully saturated rings. The molecule has 1 unspecified atom stereocenters. The van der Waals surface area contributed by atoms with Crippen LogP contribution in [0.5, 0.6) is 0 Å². The second-order valence-corrected chi connectivity index (χ2v) is 6.87. The minimum absolute atomic E-state index is 0.0311. The third kappa shape index (κ3) is 5.30. The third-order valence-corrected chi connectivity index (χ3v) is 4.64. The van der Waals surface area contributed by atoms with Crippen molar-refractivity contribution in [1.82, 2.24) is 5.32 Å². The number of benzene rings is 1. The van der Waals surface area contributed by atoms with Crippen LogP contribution in [-0.4, -0.2) is 32.0 Å². The molecule has 0 spiro atoms. The zero-order chi connectivity index (χ0) is 19.3. The van der Waals surface area contributed by atoms with E-state index in [1.54, 1.807) is 7.05 Å². The maximum absolute atomic E-state index is 13.5. The van der Waals surface area contributed by atoms with E-state index in [1.165, 1.54) is 11.3 Å². The van der Waals surface area contributed by atoms with E-state index in [4.69, 9.17) is 0 Å². The predicted molar refractivity (Wildman–Crippen MR) is 92.4 cm³/mol. The van der Waals surface area contributed by atoms with Crippen molar-refractivity contribution in [2.45, 2.75) is 13.0 Å². The lowest BCUT2D eigenvalue weighted by molar-refractivity contribution is -0.862. The van der Waals surface area contributed by atoms with Crippen LogP contribution >= 0.6 is 11.3 Å². The summed E-state index contributed by atoms with van der Waals surface area (Å²) in [6, 6.07) is 5.33. The van der Waals surface area contributed by atoms with Gasteiger partial charge in [-0.05, 0) is 30.5 Å². The van der Waals surface area contributed by atoms with Gasteiger partial charge in [0.05, 0.1) is 18.8 Å². The summed E-state index contributed by atoms with van der Waals surface area (Å²) < 4.78 is 39.6. The summed E-state index contributed by atoms with van der Waals surface area (Å²) in [6.45, 7) is 1.75.